The normalized spacial score (nSPS) is 32.3. The maximum atomic E-state index is 12.0. The van der Waals surface area contributed by atoms with Crippen molar-refractivity contribution in [3.05, 3.63) is 0 Å². The van der Waals surface area contributed by atoms with Crippen LogP contribution >= 0.6 is 0 Å². The molecule has 1 saturated heterocycles. The molecule has 18 heavy (non-hydrogen) atoms. The van der Waals surface area contributed by atoms with E-state index in [4.69, 9.17) is 9.47 Å². The maximum absolute atomic E-state index is 12.0. The lowest BCUT2D eigenvalue weighted by molar-refractivity contribution is -0.147. The fraction of sp³-hybridized carbons (Fsp3) is 0.909. The van der Waals surface area contributed by atoms with Gasteiger partial charge in [-0.25, -0.2) is 8.42 Å². The molecular weight excluding hydrogens is 258 g/mol. The number of amides is 1. The molecule has 3 atom stereocenters. The number of carbonyl (C=O) groups is 1. The molecule has 0 aromatic rings. The predicted octanol–water partition coefficient (Wildman–Crippen LogP) is -0.564. The minimum atomic E-state index is -3.28. The van der Waals surface area contributed by atoms with Gasteiger partial charge >= 0.3 is 0 Å². The molecule has 0 aromatic heterocycles. The van der Waals surface area contributed by atoms with Crippen molar-refractivity contribution < 1.29 is 22.7 Å². The quantitative estimate of drug-likeness (QED) is 0.691. The average molecular weight is 277 g/mol. The Kier molecular flexibility index (Phi) is 3.93. The lowest BCUT2D eigenvalue weighted by Gasteiger charge is -2.38. The van der Waals surface area contributed by atoms with Gasteiger partial charge in [0.25, 0.3) is 0 Å². The number of hydrogen-bond donors (Lipinski definition) is 0. The first-order valence-corrected chi connectivity index (χ1v) is 8.10. The van der Waals surface area contributed by atoms with Crippen LogP contribution < -0.4 is 0 Å². The van der Waals surface area contributed by atoms with Gasteiger partial charge in [-0.15, -0.1) is 0 Å². The Morgan fingerprint density at radius 1 is 1.44 bits per heavy atom. The minimum absolute atomic E-state index is 0.00355. The predicted molar refractivity (Wildman–Crippen MR) is 65.0 cm³/mol. The van der Waals surface area contributed by atoms with Gasteiger partial charge < -0.3 is 14.4 Å². The summed E-state index contributed by atoms with van der Waals surface area (Å²) in [4.78, 5) is 13.6. The summed E-state index contributed by atoms with van der Waals surface area (Å²) < 4.78 is 33.4. The van der Waals surface area contributed by atoms with Crippen LogP contribution in [0.4, 0.5) is 0 Å². The number of fused-ring (bicyclic) bond motifs is 1. The van der Waals surface area contributed by atoms with Crippen molar-refractivity contribution in [3.8, 4) is 0 Å². The molecule has 104 valence electrons. The highest BCUT2D eigenvalue weighted by Crippen LogP contribution is 2.31. The van der Waals surface area contributed by atoms with E-state index >= 15 is 0 Å². The van der Waals surface area contributed by atoms with E-state index in [2.05, 4.69) is 0 Å². The summed E-state index contributed by atoms with van der Waals surface area (Å²) >= 11 is 0. The number of sulfone groups is 1. The van der Waals surface area contributed by atoms with E-state index < -0.39 is 15.6 Å². The zero-order valence-electron chi connectivity index (χ0n) is 10.7. The highest BCUT2D eigenvalue weighted by molar-refractivity contribution is 7.91. The third-order valence-electron chi connectivity index (χ3n) is 3.54. The second kappa shape index (κ2) is 5.14. The number of carbonyl (C=O) groups excluding carboxylic acids is 1. The number of nitrogens with zero attached hydrogens (tertiary/aromatic N) is 1. The van der Waals surface area contributed by atoms with Crippen LogP contribution in [0, 0.1) is 0 Å². The van der Waals surface area contributed by atoms with Gasteiger partial charge in [-0.2, -0.15) is 0 Å². The highest BCUT2D eigenvalue weighted by atomic mass is 32.2. The van der Waals surface area contributed by atoms with Gasteiger partial charge in [0.1, 0.15) is 11.9 Å². The van der Waals surface area contributed by atoms with Crippen LogP contribution in [-0.2, 0) is 24.1 Å². The lowest BCUT2D eigenvalue weighted by Crippen LogP contribution is -2.54. The molecule has 2 fully saturated rings. The zero-order chi connectivity index (χ0) is 13.3. The van der Waals surface area contributed by atoms with Gasteiger partial charge in [0, 0.05) is 19.9 Å². The smallest absolute Gasteiger partial charge is 0.238 e. The van der Waals surface area contributed by atoms with Crippen molar-refractivity contribution in [2.75, 3.05) is 32.3 Å². The summed E-state index contributed by atoms with van der Waals surface area (Å²) in [5.41, 5.74) is 0. The van der Waals surface area contributed by atoms with Gasteiger partial charge in [-0.1, -0.05) is 0 Å². The summed E-state index contributed by atoms with van der Waals surface area (Å²) in [7, 11) is -1.65. The van der Waals surface area contributed by atoms with Gasteiger partial charge in [-0.3, -0.25) is 4.79 Å². The Morgan fingerprint density at radius 3 is 2.78 bits per heavy atom. The van der Waals surface area contributed by atoms with Crippen molar-refractivity contribution in [1.82, 2.24) is 4.90 Å². The van der Waals surface area contributed by atoms with Crippen molar-refractivity contribution in [1.29, 1.82) is 0 Å². The Bertz CT molecular complexity index is 421. The molecule has 0 bridgehead atoms. The molecule has 0 unspecified atom stereocenters. The Balaban J connectivity index is 2.07. The first-order valence-electron chi connectivity index (χ1n) is 6.04. The molecule has 1 aliphatic carbocycles. The minimum Gasteiger partial charge on any atom is -0.379 e. The van der Waals surface area contributed by atoms with E-state index in [1.165, 1.54) is 0 Å². The molecule has 1 saturated carbocycles. The number of hydrogen-bond acceptors (Lipinski definition) is 5. The molecule has 7 heteroatoms. The molecule has 0 aromatic carbocycles. The van der Waals surface area contributed by atoms with Gasteiger partial charge in [-0.05, 0) is 12.8 Å². The third-order valence-corrected chi connectivity index (χ3v) is 4.32. The van der Waals surface area contributed by atoms with E-state index in [9.17, 15) is 13.2 Å². The topological polar surface area (TPSA) is 72.9 Å². The van der Waals surface area contributed by atoms with E-state index in [-0.39, 0.29) is 24.2 Å². The number of rotatable bonds is 3. The van der Waals surface area contributed by atoms with Crippen LogP contribution in [0.15, 0.2) is 0 Å². The van der Waals surface area contributed by atoms with Crippen LogP contribution in [-0.4, -0.2) is 69.7 Å². The van der Waals surface area contributed by atoms with Gasteiger partial charge in [0.05, 0.1) is 18.8 Å². The van der Waals surface area contributed by atoms with Gasteiger partial charge in [0.15, 0.2) is 9.84 Å². The molecule has 6 nitrogen and oxygen atoms in total. The fourth-order valence-corrected chi connectivity index (χ4v) is 3.40. The molecule has 2 aliphatic rings. The number of ether oxygens (including phenoxy) is 2. The van der Waals surface area contributed by atoms with E-state index in [1.54, 1.807) is 12.0 Å². The lowest BCUT2D eigenvalue weighted by atomic mass is 10.1. The van der Waals surface area contributed by atoms with Crippen LogP contribution in [0.2, 0.25) is 0 Å². The molecule has 1 amide bonds. The molecule has 0 radical (unpaired) electrons. The van der Waals surface area contributed by atoms with Crippen molar-refractivity contribution in [3.63, 3.8) is 0 Å². The molecule has 1 aliphatic heterocycles. The summed E-state index contributed by atoms with van der Waals surface area (Å²) in [5.74, 6) is -0.749. The highest BCUT2D eigenvalue weighted by Gasteiger charge is 2.44. The van der Waals surface area contributed by atoms with Crippen LogP contribution in [0.5, 0.6) is 0 Å². The summed E-state index contributed by atoms with van der Waals surface area (Å²) in [6, 6.07) is -0.0436. The fourth-order valence-electron chi connectivity index (χ4n) is 2.78. The van der Waals surface area contributed by atoms with Crippen LogP contribution in [0.25, 0.3) is 0 Å². The third kappa shape index (κ3) is 2.84. The van der Waals surface area contributed by atoms with Crippen molar-refractivity contribution in [2.24, 2.45) is 0 Å². The number of morpholine rings is 1. The summed E-state index contributed by atoms with van der Waals surface area (Å²) in [6.07, 6.45) is 2.61. The first kappa shape index (κ1) is 13.8. The maximum Gasteiger partial charge on any atom is 0.238 e. The van der Waals surface area contributed by atoms with E-state index in [1.807, 2.05) is 0 Å². The summed E-state index contributed by atoms with van der Waals surface area (Å²) in [5, 5.41) is 0. The van der Waals surface area contributed by atoms with Crippen molar-refractivity contribution in [2.45, 2.75) is 31.1 Å². The number of methoxy groups -OCH3 is 1. The molecule has 0 N–H and O–H groups in total. The second-order valence-electron chi connectivity index (χ2n) is 4.91. The van der Waals surface area contributed by atoms with Crippen molar-refractivity contribution >= 4 is 15.7 Å². The Labute approximate surface area is 107 Å². The van der Waals surface area contributed by atoms with E-state index in [0.717, 1.165) is 19.1 Å². The van der Waals surface area contributed by atoms with Crippen LogP contribution in [0.1, 0.15) is 12.8 Å². The van der Waals surface area contributed by atoms with Crippen LogP contribution in [0.3, 0.4) is 0 Å². The largest absolute Gasteiger partial charge is 0.379 e. The standard InChI is InChI=1S/C11H19NO5S/c1-16-9-4-3-8-11(9)17-6-5-12(8)10(13)7-18(2,14)15/h8-9,11H,3-7H2,1-2H3/t8-,9+,11+/m0/s1. The molecular formula is C11H19NO5S. The first-order chi connectivity index (χ1) is 8.42. The Hall–Kier alpha value is -0.660. The van der Waals surface area contributed by atoms with E-state index in [0.29, 0.717) is 13.2 Å². The molecule has 2 rings (SSSR count). The molecule has 0 spiro atoms. The second-order valence-corrected chi connectivity index (χ2v) is 7.05. The summed E-state index contributed by atoms with van der Waals surface area (Å²) in [6.45, 7) is 0.905. The monoisotopic (exact) mass is 277 g/mol. The molecule has 1 heterocycles. The zero-order valence-corrected chi connectivity index (χ0v) is 11.5. The average Bonchev–Trinajstić information content (AvgIpc) is 2.69. The Morgan fingerprint density at radius 2 is 2.17 bits per heavy atom. The SMILES string of the molecule is CO[C@@H]1CC[C@H]2[C@H]1OCCN2C(=O)CS(C)(=O)=O. The van der Waals surface area contributed by atoms with Gasteiger partial charge in [0.2, 0.25) is 5.91 Å².